The minimum Gasteiger partial charge on any atom is -0.301 e. The molecule has 1 heterocycles. The van der Waals surface area contributed by atoms with E-state index in [0.29, 0.717) is 5.56 Å². The number of hydrogen-bond donors (Lipinski definition) is 2. The van der Waals surface area contributed by atoms with Crippen molar-refractivity contribution in [3.63, 3.8) is 0 Å². The normalized spacial score (nSPS) is 16.1. The van der Waals surface area contributed by atoms with Crippen LogP contribution in [0.4, 0.5) is 0 Å². The van der Waals surface area contributed by atoms with Crippen molar-refractivity contribution in [1.29, 1.82) is 0 Å². The zero-order valence-electron chi connectivity index (χ0n) is 13.9. The van der Waals surface area contributed by atoms with Gasteiger partial charge in [-0.1, -0.05) is 36.4 Å². The average Bonchev–Trinajstić information content (AvgIpc) is 2.60. The van der Waals surface area contributed by atoms with Crippen molar-refractivity contribution in [2.24, 2.45) is 0 Å². The van der Waals surface area contributed by atoms with Gasteiger partial charge in [-0.25, -0.2) is 5.48 Å². The van der Waals surface area contributed by atoms with Crippen LogP contribution in [-0.4, -0.2) is 41.1 Å². The lowest BCUT2D eigenvalue weighted by Crippen LogP contribution is -2.35. The molecule has 5 nitrogen and oxygen atoms in total. The fraction of sp³-hybridized carbons (Fsp3) is 0.316. The van der Waals surface area contributed by atoms with Crippen molar-refractivity contribution < 1.29 is 10.0 Å². The summed E-state index contributed by atoms with van der Waals surface area (Å²) in [5.74, 6) is -0.469. The lowest BCUT2D eigenvalue weighted by Gasteiger charge is -2.30. The molecule has 0 atom stereocenters. The molecule has 0 unspecified atom stereocenters. The van der Waals surface area contributed by atoms with Crippen LogP contribution in [0.5, 0.6) is 0 Å². The van der Waals surface area contributed by atoms with E-state index in [-0.39, 0.29) is 0 Å². The third-order valence-corrected chi connectivity index (χ3v) is 4.45. The molecule has 2 aromatic rings. The summed E-state index contributed by atoms with van der Waals surface area (Å²) in [5, 5.41) is 8.83. The molecule has 5 heteroatoms. The van der Waals surface area contributed by atoms with Crippen molar-refractivity contribution in [2.45, 2.75) is 19.6 Å². The van der Waals surface area contributed by atoms with E-state index in [2.05, 4.69) is 41.1 Å². The second kappa shape index (κ2) is 7.57. The zero-order valence-corrected chi connectivity index (χ0v) is 13.9. The average molecular weight is 325 g/mol. The van der Waals surface area contributed by atoms with Gasteiger partial charge in [0.2, 0.25) is 0 Å². The van der Waals surface area contributed by atoms with E-state index < -0.39 is 5.91 Å². The molecule has 0 bridgehead atoms. The van der Waals surface area contributed by atoms with Crippen LogP contribution in [0.15, 0.2) is 48.5 Å². The van der Waals surface area contributed by atoms with Crippen LogP contribution < -0.4 is 5.48 Å². The summed E-state index contributed by atoms with van der Waals surface area (Å²) in [6.45, 7) is 4.56. The summed E-state index contributed by atoms with van der Waals surface area (Å²) in [6, 6.07) is 16.1. The molecule has 0 aromatic heterocycles. The van der Waals surface area contributed by atoms with Crippen molar-refractivity contribution in [1.82, 2.24) is 15.3 Å². The molecular formula is C19H23N3O2. The number of hydrogen-bond acceptors (Lipinski definition) is 4. The Kier molecular flexibility index (Phi) is 5.25. The molecular weight excluding hydrogens is 302 g/mol. The number of hydroxylamine groups is 1. The molecule has 0 saturated heterocycles. The first-order valence-corrected chi connectivity index (χ1v) is 8.17. The van der Waals surface area contributed by atoms with E-state index in [4.69, 9.17) is 5.21 Å². The molecule has 1 aliphatic rings. The molecule has 1 aliphatic heterocycles. The number of carbonyl (C=O) groups is 1. The minimum absolute atomic E-state index is 0.469. The quantitative estimate of drug-likeness (QED) is 0.671. The van der Waals surface area contributed by atoms with Gasteiger partial charge in [0.25, 0.3) is 5.91 Å². The largest absolute Gasteiger partial charge is 0.301 e. The molecule has 0 radical (unpaired) electrons. The Morgan fingerprint density at radius 2 is 1.88 bits per heavy atom. The molecule has 24 heavy (non-hydrogen) atoms. The van der Waals surface area contributed by atoms with Crippen molar-refractivity contribution in [3.8, 4) is 0 Å². The molecule has 3 rings (SSSR count). The van der Waals surface area contributed by atoms with Gasteiger partial charge in [-0.15, -0.1) is 0 Å². The summed E-state index contributed by atoms with van der Waals surface area (Å²) < 4.78 is 0. The number of nitrogens with one attached hydrogen (secondary N) is 1. The first kappa shape index (κ1) is 16.6. The summed E-state index contributed by atoms with van der Waals surface area (Å²) in [6.07, 6.45) is 0. The number of amides is 1. The molecule has 0 fully saturated rings. The van der Waals surface area contributed by atoms with Crippen LogP contribution in [0.1, 0.15) is 27.0 Å². The molecule has 0 aliphatic carbocycles. The van der Waals surface area contributed by atoms with Crippen molar-refractivity contribution in [3.05, 3.63) is 70.8 Å². The summed E-state index contributed by atoms with van der Waals surface area (Å²) in [5.41, 5.74) is 5.86. The van der Waals surface area contributed by atoms with Crippen LogP contribution in [0, 0.1) is 0 Å². The Bertz CT molecular complexity index is 703. The lowest BCUT2D eigenvalue weighted by molar-refractivity contribution is 0.0706. The number of nitrogens with zero attached hydrogens (tertiary/aromatic N) is 2. The molecule has 126 valence electrons. The second-order valence-electron chi connectivity index (χ2n) is 6.36. The standard InChI is InChI=1S/C19H23N3O2/c1-21-9-10-22(12-15-5-3-2-4-6-15)14-17-8-7-16(19(23)20-24)11-18(17)13-21/h2-8,11,24H,9-10,12-14H2,1H3,(H,20,23). The fourth-order valence-corrected chi connectivity index (χ4v) is 3.11. The Labute approximate surface area is 142 Å². The van der Waals surface area contributed by atoms with E-state index in [0.717, 1.165) is 38.3 Å². The summed E-state index contributed by atoms with van der Waals surface area (Å²) in [4.78, 5) is 16.3. The summed E-state index contributed by atoms with van der Waals surface area (Å²) >= 11 is 0. The molecule has 0 saturated carbocycles. The minimum atomic E-state index is -0.469. The Hall–Kier alpha value is -2.21. The highest BCUT2D eigenvalue weighted by molar-refractivity contribution is 5.93. The monoisotopic (exact) mass is 325 g/mol. The van der Waals surface area contributed by atoms with Gasteiger partial charge in [-0.2, -0.15) is 0 Å². The van der Waals surface area contributed by atoms with E-state index in [9.17, 15) is 4.79 Å². The highest BCUT2D eigenvalue weighted by Gasteiger charge is 2.17. The van der Waals surface area contributed by atoms with Gasteiger partial charge in [0, 0.05) is 38.3 Å². The Balaban J connectivity index is 1.84. The second-order valence-corrected chi connectivity index (χ2v) is 6.36. The van der Waals surface area contributed by atoms with Crippen LogP contribution in [0.25, 0.3) is 0 Å². The van der Waals surface area contributed by atoms with Crippen LogP contribution >= 0.6 is 0 Å². The summed E-state index contributed by atoms with van der Waals surface area (Å²) in [7, 11) is 2.09. The number of likely N-dealkylation sites (N-methyl/N-ethyl adjacent to an activating group) is 1. The third kappa shape index (κ3) is 4.00. The van der Waals surface area contributed by atoms with Gasteiger partial charge < -0.3 is 4.90 Å². The number of benzene rings is 2. The zero-order chi connectivity index (χ0) is 16.9. The fourth-order valence-electron chi connectivity index (χ4n) is 3.11. The Morgan fingerprint density at radius 3 is 2.62 bits per heavy atom. The van der Waals surface area contributed by atoms with Gasteiger partial charge >= 0.3 is 0 Å². The lowest BCUT2D eigenvalue weighted by atomic mass is 10.0. The topological polar surface area (TPSA) is 55.8 Å². The Morgan fingerprint density at radius 1 is 1.08 bits per heavy atom. The smallest absolute Gasteiger partial charge is 0.274 e. The molecule has 1 amide bonds. The van der Waals surface area contributed by atoms with Gasteiger partial charge in [0.15, 0.2) is 0 Å². The first-order valence-electron chi connectivity index (χ1n) is 8.17. The first-order chi connectivity index (χ1) is 11.7. The van der Waals surface area contributed by atoms with E-state index in [1.807, 2.05) is 18.2 Å². The van der Waals surface area contributed by atoms with Crippen LogP contribution in [0.2, 0.25) is 0 Å². The number of fused-ring (bicyclic) bond motifs is 1. The van der Waals surface area contributed by atoms with E-state index in [1.54, 1.807) is 11.5 Å². The van der Waals surface area contributed by atoms with Crippen molar-refractivity contribution >= 4 is 5.91 Å². The number of rotatable bonds is 3. The SMILES string of the molecule is CN1CCN(Cc2ccccc2)Cc2ccc(C(=O)NO)cc2C1. The van der Waals surface area contributed by atoms with Gasteiger partial charge in [-0.3, -0.25) is 14.9 Å². The third-order valence-electron chi connectivity index (χ3n) is 4.45. The van der Waals surface area contributed by atoms with Gasteiger partial charge in [-0.05, 0) is 35.9 Å². The predicted octanol–water partition coefficient (Wildman–Crippen LogP) is 2.25. The van der Waals surface area contributed by atoms with E-state index >= 15 is 0 Å². The van der Waals surface area contributed by atoms with Crippen LogP contribution in [-0.2, 0) is 19.6 Å². The maximum atomic E-state index is 11.7. The van der Waals surface area contributed by atoms with Crippen molar-refractivity contribution in [2.75, 3.05) is 20.1 Å². The number of carbonyl (C=O) groups excluding carboxylic acids is 1. The van der Waals surface area contributed by atoms with Gasteiger partial charge in [0.1, 0.15) is 0 Å². The molecule has 0 spiro atoms. The highest BCUT2D eigenvalue weighted by Crippen LogP contribution is 2.20. The van der Waals surface area contributed by atoms with E-state index in [1.165, 1.54) is 11.1 Å². The molecule has 2 N–H and O–H groups in total. The predicted molar refractivity (Wildman–Crippen MR) is 92.6 cm³/mol. The maximum absolute atomic E-state index is 11.7. The maximum Gasteiger partial charge on any atom is 0.274 e. The van der Waals surface area contributed by atoms with Crippen LogP contribution in [0.3, 0.4) is 0 Å². The highest BCUT2D eigenvalue weighted by atomic mass is 16.5. The molecule has 2 aromatic carbocycles. The van der Waals surface area contributed by atoms with Gasteiger partial charge in [0.05, 0.1) is 0 Å².